The molecule has 0 aromatic carbocycles. The topological polar surface area (TPSA) is 58.3 Å². The van der Waals surface area contributed by atoms with Gasteiger partial charge in [-0.1, -0.05) is 0 Å². The number of nitrogens with zero attached hydrogens (tertiary/aromatic N) is 3. The van der Waals surface area contributed by atoms with Crippen LogP contribution in [0.5, 0.6) is 0 Å². The number of fused-ring (bicyclic) bond motifs is 2. The van der Waals surface area contributed by atoms with Gasteiger partial charge in [0.2, 0.25) is 5.92 Å². The molecule has 4 heterocycles. The average molecular weight is 380 g/mol. The molecule has 3 unspecified atom stereocenters. The predicted molar refractivity (Wildman–Crippen MR) is 95.4 cm³/mol. The van der Waals surface area contributed by atoms with Crippen LogP contribution in [-0.2, 0) is 16.8 Å². The predicted octanol–water partition coefficient (Wildman–Crippen LogP) is 3.99. The van der Waals surface area contributed by atoms with Gasteiger partial charge in [-0.25, -0.2) is 8.78 Å². The van der Waals surface area contributed by atoms with Gasteiger partial charge in [0.15, 0.2) is 0 Å². The van der Waals surface area contributed by atoms with Gasteiger partial charge >= 0.3 is 0 Å². The van der Waals surface area contributed by atoms with Gasteiger partial charge in [0.25, 0.3) is 0 Å². The molecule has 1 aromatic heterocycles. The largest absolute Gasteiger partial charge is 0.369 e. The van der Waals surface area contributed by atoms with Crippen LogP contribution in [0.25, 0.3) is 0 Å². The molecule has 5 rings (SSSR count). The van der Waals surface area contributed by atoms with E-state index in [1.165, 1.54) is 10.4 Å². The first-order valence-corrected chi connectivity index (χ1v) is 10.1. The zero-order valence-electron chi connectivity index (χ0n) is 14.7. The van der Waals surface area contributed by atoms with Crippen LogP contribution in [-0.4, -0.2) is 36.9 Å². The highest BCUT2D eigenvalue weighted by atomic mass is 32.1. The van der Waals surface area contributed by atoms with Gasteiger partial charge in [-0.2, -0.15) is 5.11 Å². The molecule has 5 nitrogen and oxygen atoms in total. The van der Waals surface area contributed by atoms with Crippen molar-refractivity contribution >= 4 is 17.6 Å². The fourth-order valence-corrected chi connectivity index (χ4v) is 6.15. The van der Waals surface area contributed by atoms with Crippen LogP contribution < -0.4 is 5.32 Å². The first kappa shape index (κ1) is 16.9. The average Bonchev–Trinajstić information content (AvgIpc) is 3.21. The fourth-order valence-electron chi connectivity index (χ4n) is 4.66. The lowest BCUT2D eigenvalue weighted by Crippen LogP contribution is -2.57. The van der Waals surface area contributed by atoms with Crippen molar-refractivity contribution < 1.29 is 13.5 Å². The van der Waals surface area contributed by atoms with Crippen LogP contribution in [0.15, 0.2) is 21.5 Å². The van der Waals surface area contributed by atoms with Crippen molar-refractivity contribution in [2.45, 2.75) is 68.1 Å². The molecule has 0 bridgehead atoms. The molecule has 2 fully saturated rings. The molecular formula is C18H22F2N4OS. The minimum absolute atomic E-state index is 0.00319. The molecule has 0 amide bonds. The van der Waals surface area contributed by atoms with Crippen molar-refractivity contribution in [1.82, 2.24) is 5.32 Å². The number of thiophene rings is 1. The number of halogens is 2. The van der Waals surface area contributed by atoms with Crippen molar-refractivity contribution in [2.24, 2.45) is 15.4 Å². The molecule has 8 heteroatoms. The number of ether oxygens (including phenoxy) is 1. The maximum absolute atomic E-state index is 13.3. The Labute approximate surface area is 154 Å². The second-order valence-corrected chi connectivity index (χ2v) is 9.26. The van der Waals surface area contributed by atoms with Gasteiger partial charge in [0.1, 0.15) is 11.1 Å². The summed E-state index contributed by atoms with van der Waals surface area (Å²) in [6, 6.07) is 2.26. The van der Waals surface area contributed by atoms with Crippen molar-refractivity contribution in [3.05, 3.63) is 21.4 Å². The second-order valence-electron chi connectivity index (χ2n) is 8.18. The maximum atomic E-state index is 13.3. The summed E-state index contributed by atoms with van der Waals surface area (Å²) in [5.74, 6) is -2.48. The van der Waals surface area contributed by atoms with E-state index < -0.39 is 11.5 Å². The number of rotatable bonds is 2. The smallest absolute Gasteiger partial charge is 0.249 e. The molecule has 3 aliphatic heterocycles. The summed E-state index contributed by atoms with van der Waals surface area (Å²) in [4.78, 5) is 2.35. The number of alkyl halides is 2. The highest BCUT2D eigenvalue weighted by Gasteiger charge is 2.51. The van der Waals surface area contributed by atoms with Crippen molar-refractivity contribution in [3.63, 3.8) is 0 Å². The molecule has 1 aromatic rings. The van der Waals surface area contributed by atoms with Crippen LogP contribution in [0.4, 0.5) is 8.78 Å². The number of nitrogens with one attached hydrogen (secondary N) is 1. The molecule has 140 valence electrons. The van der Waals surface area contributed by atoms with Crippen molar-refractivity contribution in [2.75, 3.05) is 13.2 Å². The zero-order valence-corrected chi connectivity index (χ0v) is 15.5. The minimum Gasteiger partial charge on any atom is -0.369 e. The van der Waals surface area contributed by atoms with Crippen LogP contribution in [0.2, 0.25) is 0 Å². The molecule has 1 saturated heterocycles. The Morgan fingerprint density at radius 1 is 1.31 bits per heavy atom. The summed E-state index contributed by atoms with van der Waals surface area (Å²) in [7, 11) is 0. The van der Waals surface area contributed by atoms with E-state index >= 15 is 0 Å². The molecule has 3 atom stereocenters. The Bertz CT molecular complexity index is 772. The summed E-state index contributed by atoms with van der Waals surface area (Å²) in [6.07, 6.45) is 4.32. The maximum Gasteiger partial charge on any atom is 0.249 e. The Morgan fingerprint density at radius 3 is 2.88 bits per heavy atom. The highest BCUT2D eigenvalue weighted by molar-refractivity contribution is 7.12. The van der Waals surface area contributed by atoms with Gasteiger partial charge in [0.05, 0.1) is 12.8 Å². The SMILES string of the molecule is CC1(C2CC3(CCN2)OCCc2cc(C4CC(F)(F)C4)sc23)C=NN=N1. The lowest BCUT2D eigenvalue weighted by atomic mass is 9.76. The van der Waals surface area contributed by atoms with Crippen molar-refractivity contribution in [3.8, 4) is 0 Å². The zero-order chi connectivity index (χ0) is 18.0. The first-order chi connectivity index (χ1) is 12.4. The summed E-state index contributed by atoms with van der Waals surface area (Å²) in [5.41, 5.74) is 0.497. The first-order valence-electron chi connectivity index (χ1n) is 9.24. The summed E-state index contributed by atoms with van der Waals surface area (Å²) in [5, 5.41) is 15.6. The van der Waals surface area contributed by atoms with Gasteiger partial charge in [0, 0.05) is 34.6 Å². The molecule has 0 radical (unpaired) electrons. The lowest BCUT2D eigenvalue weighted by Gasteiger charge is -2.46. The lowest BCUT2D eigenvalue weighted by molar-refractivity contribution is -0.0894. The molecule has 1 N–H and O–H groups in total. The van der Waals surface area contributed by atoms with Crippen molar-refractivity contribution in [1.29, 1.82) is 0 Å². The van der Waals surface area contributed by atoms with Gasteiger partial charge in [-0.3, -0.25) is 0 Å². The second kappa shape index (κ2) is 5.62. The normalized spacial score (nSPS) is 38.5. The third-order valence-corrected chi connectivity index (χ3v) is 7.80. The van der Waals surface area contributed by atoms with E-state index in [1.807, 2.05) is 6.92 Å². The van der Waals surface area contributed by atoms with Crippen LogP contribution in [0, 0.1) is 0 Å². The quantitative estimate of drug-likeness (QED) is 0.843. The molecule has 26 heavy (non-hydrogen) atoms. The van der Waals surface area contributed by atoms with E-state index in [0.29, 0.717) is 6.61 Å². The van der Waals surface area contributed by atoms with E-state index in [9.17, 15) is 8.78 Å². The number of hydrogen-bond acceptors (Lipinski definition) is 6. The molecule has 1 saturated carbocycles. The molecular weight excluding hydrogens is 358 g/mol. The third-order valence-electron chi connectivity index (χ3n) is 6.27. The molecule has 1 aliphatic carbocycles. The standard InChI is InChI=1S/C18H22F2N4OS/c1-16(10-22-24-23-16)14-9-17(3-4-21-14)15-11(2-5-25-17)6-13(26-15)12-7-18(19,20)8-12/h6,10,12,14,21H,2-5,7-9H2,1H3. The number of piperidine rings is 1. The van der Waals surface area contributed by atoms with Gasteiger partial charge < -0.3 is 10.1 Å². The van der Waals surface area contributed by atoms with E-state index in [-0.39, 0.29) is 30.4 Å². The van der Waals surface area contributed by atoms with E-state index in [2.05, 4.69) is 26.8 Å². The Kier molecular flexibility index (Phi) is 3.65. The Morgan fingerprint density at radius 2 is 2.15 bits per heavy atom. The Hall–Kier alpha value is -1.25. The van der Waals surface area contributed by atoms with E-state index in [4.69, 9.17) is 4.74 Å². The third kappa shape index (κ3) is 2.57. The minimum atomic E-state index is -2.48. The van der Waals surface area contributed by atoms with Crippen LogP contribution in [0.3, 0.4) is 0 Å². The number of hydrogen-bond donors (Lipinski definition) is 1. The van der Waals surface area contributed by atoms with Crippen LogP contribution >= 0.6 is 11.3 Å². The summed E-state index contributed by atoms with van der Waals surface area (Å²) in [6.45, 7) is 3.55. The van der Waals surface area contributed by atoms with Gasteiger partial charge in [-0.15, -0.1) is 16.4 Å². The molecule has 4 aliphatic rings. The summed E-state index contributed by atoms with van der Waals surface area (Å²) < 4.78 is 33.0. The van der Waals surface area contributed by atoms with Crippen LogP contribution in [0.1, 0.15) is 53.8 Å². The Balaban J connectivity index is 1.44. The van der Waals surface area contributed by atoms with Gasteiger partial charge in [-0.05, 0) is 49.6 Å². The van der Waals surface area contributed by atoms with E-state index in [0.717, 1.165) is 30.7 Å². The van der Waals surface area contributed by atoms with E-state index in [1.54, 1.807) is 17.6 Å². The fraction of sp³-hybridized carbons (Fsp3) is 0.722. The highest BCUT2D eigenvalue weighted by Crippen LogP contribution is 2.53. The molecule has 1 spiro atoms. The summed E-state index contributed by atoms with van der Waals surface area (Å²) >= 11 is 1.70. The monoisotopic (exact) mass is 380 g/mol.